The smallest absolute Gasteiger partial charge is 0.194 e. The maximum absolute atomic E-state index is 13.1. The van der Waals surface area contributed by atoms with Gasteiger partial charge in [0.25, 0.3) is 0 Å². The van der Waals surface area contributed by atoms with Crippen molar-refractivity contribution < 1.29 is 33.6 Å². The van der Waals surface area contributed by atoms with E-state index in [1.54, 1.807) is 19.9 Å². The number of hydrogen-bond donors (Lipinski definition) is 1. The van der Waals surface area contributed by atoms with Crippen LogP contribution in [0.15, 0.2) is 40.9 Å². The van der Waals surface area contributed by atoms with Crippen LogP contribution in [-0.4, -0.2) is 54.5 Å². The summed E-state index contributed by atoms with van der Waals surface area (Å²) >= 11 is 3.57. The molecule has 2 saturated heterocycles. The largest absolute Gasteiger partial charge is 0.486 e. The van der Waals surface area contributed by atoms with Gasteiger partial charge in [0.15, 0.2) is 35.5 Å². The molecule has 0 radical (unpaired) electrons. The van der Waals surface area contributed by atoms with Crippen molar-refractivity contribution in [2.75, 3.05) is 13.2 Å². The van der Waals surface area contributed by atoms with Crippen molar-refractivity contribution in [3.8, 4) is 11.5 Å². The summed E-state index contributed by atoms with van der Waals surface area (Å²) in [6.45, 7) is 4.57. The van der Waals surface area contributed by atoms with Gasteiger partial charge < -0.3 is 28.8 Å². The van der Waals surface area contributed by atoms with Gasteiger partial charge in [-0.05, 0) is 55.7 Å². The Balaban J connectivity index is 1.35. The molecule has 4 atom stereocenters. The molecule has 3 aliphatic rings. The molecular weight excluding hydrogens is 468 g/mol. The summed E-state index contributed by atoms with van der Waals surface area (Å²) < 4.78 is 29.2. The highest BCUT2D eigenvalue weighted by molar-refractivity contribution is 9.10. The van der Waals surface area contributed by atoms with Crippen molar-refractivity contribution in [2.45, 2.75) is 50.7 Å². The van der Waals surface area contributed by atoms with Crippen molar-refractivity contribution in [2.24, 2.45) is 0 Å². The number of ether oxygens (including phenoxy) is 5. The second-order valence-electron chi connectivity index (χ2n) is 8.34. The fourth-order valence-electron chi connectivity index (χ4n) is 4.15. The standard InChI is InChI=1S/C23H23BrO7/c1-23(2)30-21-19(26)20(29-22(21)31-23)18(25)13-4-5-15(24)14(11-13)9-12-3-6-16-17(10-12)28-8-7-27-16/h3-6,10-11,19-22,26H,7-9H2,1-2H3/t19-,20+,21+,22+/m1/s1. The topological polar surface area (TPSA) is 83.5 Å². The number of carbonyl (C=O) groups excluding carboxylic acids is 1. The number of Topliss-reactive ketones (excluding diaryl/α,β-unsaturated/α-hetero) is 1. The minimum absolute atomic E-state index is 0.303. The van der Waals surface area contributed by atoms with Crippen LogP contribution >= 0.6 is 15.9 Å². The molecule has 2 aromatic carbocycles. The number of aliphatic hydroxyl groups is 1. The molecule has 0 bridgehead atoms. The van der Waals surface area contributed by atoms with Gasteiger partial charge in [-0.1, -0.05) is 28.1 Å². The predicted octanol–water partition coefficient (Wildman–Crippen LogP) is 3.23. The third-order valence-corrected chi connectivity index (χ3v) is 6.38. The summed E-state index contributed by atoms with van der Waals surface area (Å²) in [5, 5.41) is 10.6. The Bertz CT molecular complexity index is 1020. The molecule has 5 rings (SSSR count). The van der Waals surface area contributed by atoms with E-state index in [1.807, 2.05) is 30.3 Å². The Morgan fingerprint density at radius 1 is 1.10 bits per heavy atom. The Morgan fingerprint density at radius 2 is 1.87 bits per heavy atom. The second-order valence-corrected chi connectivity index (χ2v) is 9.20. The van der Waals surface area contributed by atoms with Crippen LogP contribution in [0, 0.1) is 0 Å². The lowest BCUT2D eigenvalue weighted by Gasteiger charge is -2.22. The van der Waals surface area contributed by atoms with Crippen LogP contribution in [-0.2, 0) is 20.6 Å². The number of fused-ring (bicyclic) bond motifs is 2. The minimum Gasteiger partial charge on any atom is -0.486 e. The van der Waals surface area contributed by atoms with E-state index in [0.717, 1.165) is 27.1 Å². The number of carbonyl (C=O) groups is 1. The first-order valence-corrected chi connectivity index (χ1v) is 11.0. The molecule has 8 heteroatoms. The Hall–Kier alpha value is -1.97. The van der Waals surface area contributed by atoms with Gasteiger partial charge in [-0.15, -0.1) is 0 Å². The first kappa shape index (κ1) is 20.9. The zero-order valence-corrected chi connectivity index (χ0v) is 18.8. The Morgan fingerprint density at radius 3 is 2.65 bits per heavy atom. The third kappa shape index (κ3) is 3.99. The van der Waals surface area contributed by atoms with E-state index in [9.17, 15) is 9.90 Å². The first-order valence-electron chi connectivity index (χ1n) is 10.2. The molecule has 1 N–H and O–H groups in total. The molecular formula is C23H23BrO7. The van der Waals surface area contributed by atoms with Gasteiger partial charge in [-0.3, -0.25) is 4.79 Å². The summed E-state index contributed by atoms with van der Waals surface area (Å²) in [7, 11) is 0. The van der Waals surface area contributed by atoms with Crippen molar-refractivity contribution in [1.29, 1.82) is 0 Å². The zero-order valence-electron chi connectivity index (χ0n) is 17.2. The lowest BCUT2D eigenvalue weighted by Crippen LogP contribution is -2.38. The van der Waals surface area contributed by atoms with Gasteiger partial charge in [0.05, 0.1) is 0 Å². The molecule has 0 amide bonds. The highest BCUT2D eigenvalue weighted by atomic mass is 79.9. The van der Waals surface area contributed by atoms with Crippen LogP contribution < -0.4 is 9.47 Å². The summed E-state index contributed by atoms with van der Waals surface area (Å²) in [5.74, 6) is 0.314. The van der Waals surface area contributed by atoms with Crippen molar-refractivity contribution in [3.05, 3.63) is 57.6 Å². The van der Waals surface area contributed by atoms with E-state index in [1.165, 1.54) is 0 Å². The number of ketones is 1. The lowest BCUT2D eigenvalue weighted by atomic mass is 9.97. The molecule has 3 aliphatic heterocycles. The quantitative estimate of drug-likeness (QED) is 0.658. The van der Waals surface area contributed by atoms with E-state index in [4.69, 9.17) is 23.7 Å². The third-order valence-electron chi connectivity index (χ3n) is 5.61. The van der Waals surface area contributed by atoms with E-state index >= 15 is 0 Å². The molecule has 0 aliphatic carbocycles. The molecule has 7 nitrogen and oxygen atoms in total. The molecule has 0 unspecified atom stereocenters. The fraction of sp³-hybridized carbons (Fsp3) is 0.435. The number of aliphatic hydroxyl groups excluding tert-OH is 1. The van der Waals surface area contributed by atoms with Gasteiger partial charge in [0, 0.05) is 10.0 Å². The molecule has 2 aromatic rings. The van der Waals surface area contributed by atoms with Gasteiger partial charge in [-0.25, -0.2) is 0 Å². The average Bonchev–Trinajstić information content (AvgIpc) is 3.21. The van der Waals surface area contributed by atoms with Crippen molar-refractivity contribution in [1.82, 2.24) is 0 Å². The van der Waals surface area contributed by atoms with Gasteiger partial charge in [0.2, 0.25) is 0 Å². The monoisotopic (exact) mass is 490 g/mol. The molecule has 0 spiro atoms. The van der Waals surface area contributed by atoms with Gasteiger partial charge in [0.1, 0.15) is 25.4 Å². The normalized spacial score (nSPS) is 28.4. The fourth-order valence-corrected chi connectivity index (χ4v) is 4.54. The van der Waals surface area contributed by atoms with Crippen LogP contribution in [0.4, 0.5) is 0 Å². The lowest BCUT2D eigenvalue weighted by molar-refractivity contribution is -0.208. The van der Waals surface area contributed by atoms with E-state index in [-0.39, 0.29) is 5.78 Å². The molecule has 31 heavy (non-hydrogen) atoms. The van der Waals surface area contributed by atoms with Gasteiger partial charge >= 0.3 is 0 Å². The van der Waals surface area contributed by atoms with Crippen LogP contribution in [0.25, 0.3) is 0 Å². The summed E-state index contributed by atoms with van der Waals surface area (Å²) in [5.41, 5.74) is 2.42. The molecule has 0 saturated carbocycles. The maximum atomic E-state index is 13.1. The number of hydrogen-bond acceptors (Lipinski definition) is 7. The molecule has 164 valence electrons. The first-order chi connectivity index (χ1) is 14.8. The van der Waals surface area contributed by atoms with E-state index < -0.39 is 30.4 Å². The summed E-state index contributed by atoms with van der Waals surface area (Å²) in [4.78, 5) is 13.1. The van der Waals surface area contributed by atoms with Crippen LogP contribution in [0.5, 0.6) is 11.5 Å². The SMILES string of the molecule is CC1(C)O[C@@H]2O[C@@H](C(=O)c3ccc(Br)c(Cc4ccc5c(c4)OCCO5)c3)[C@@H](O)[C@@H]2O1. The van der Waals surface area contributed by atoms with Crippen LogP contribution in [0.3, 0.4) is 0 Å². The van der Waals surface area contributed by atoms with Crippen molar-refractivity contribution in [3.63, 3.8) is 0 Å². The molecule has 3 heterocycles. The second kappa shape index (κ2) is 7.86. The Kier molecular flexibility index (Phi) is 5.30. The van der Waals surface area contributed by atoms with Gasteiger partial charge in [-0.2, -0.15) is 0 Å². The van der Waals surface area contributed by atoms with E-state index in [2.05, 4.69) is 15.9 Å². The summed E-state index contributed by atoms with van der Waals surface area (Å²) in [6.07, 6.45) is -2.97. The highest BCUT2D eigenvalue weighted by Crippen LogP contribution is 2.38. The average molecular weight is 491 g/mol. The predicted molar refractivity (Wildman–Crippen MR) is 113 cm³/mol. The zero-order chi connectivity index (χ0) is 21.8. The molecule has 2 fully saturated rings. The van der Waals surface area contributed by atoms with Crippen LogP contribution in [0.1, 0.15) is 35.3 Å². The maximum Gasteiger partial charge on any atom is 0.194 e. The van der Waals surface area contributed by atoms with Crippen LogP contribution in [0.2, 0.25) is 0 Å². The Labute approximate surface area is 188 Å². The number of benzene rings is 2. The minimum atomic E-state index is -1.09. The van der Waals surface area contributed by atoms with E-state index in [0.29, 0.717) is 25.2 Å². The van der Waals surface area contributed by atoms with Crippen molar-refractivity contribution >= 4 is 21.7 Å². The highest BCUT2D eigenvalue weighted by Gasteiger charge is 2.56. The number of halogens is 1. The summed E-state index contributed by atoms with van der Waals surface area (Å²) in [6, 6.07) is 11.2. The number of rotatable bonds is 4. The molecule has 0 aromatic heterocycles.